The summed E-state index contributed by atoms with van der Waals surface area (Å²) in [5, 5.41) is 2.33. The van der Waals surface area contributed by atoms with Crippen molar-refractivity contribution in [3.63, 3.8) is 0 Å². The molecule has 1 atom stereocenters. The molecule has 0 unspecified atom stereocenters. The van der Waals surface area contributed by atoms with Crippen molar-refractivity contribution in [2.45, 2.75) is 37.1 Å². The van der Waals surface area contributed by atoms with Crippen molar-refractivity contribution >= 4 is 33.2 Å². The minimum absolute atomic E-state index is 0.0566. The van der Waals surface area contributed by atoms with Gasteiger partial charge in [0, 0.05) is 38.2 Å². The van der Waals surface area contributed by atoms with Gasteiger partial charge in [0.1, 0.15) is 17.7 Å². The molecule has 2 amide bonds. The maximum absolute atomic E-state index is 13.9. The quantitative estimate of drug-likeness (QED) is 0.778. The molecule has 31 heavy (non-hydrogen) atoms. The molecule has 2 aliphatic heterocycles. The number of benzene rings is 2. The second kappa shape index (κ2) is 8.01. The zero-order valence-electron chi connectivity index (χ0n) is 16.8. The molecule has 0 aliphatic carbocycles. The van der Waals surface area contributed by atoms with E-state index in [1.807, 2.05) is 0 Å². The first-order valence-electron chi connectivity index (χ1n) is 9.87. The molecule has 1 saturated heterocycles. The fourth-order valence-electron chi connectivity index (χ4n) is 4.07. The molecule has 2 aromatic carbocycles. The highest BCUT2D eigenvalue weighted by Crippen LogP contribution is 2.35. The maximum atomic E-state index is 13.9. The first-order valence-corrected chi connectivity index (χ1v) is 11.3. The molecule has 2 aromatic rings. The van der Waals surface area contributed by atoms with Gasteiger partial charge in [-0.2, -0.15) is 4.31 Å². The van der Waals surface area contributed by atoms with Gasteiger partial charge in [-0.05, 0) is 48.7 Å². The number of nitrogens with zero attached hydrogens (tertiary/aromatic N) is 2. The van der Waals surface area contributed by atoms with Gasteiger partial charge in [0.2, 0.25) is 21.8 Å². The van der Waals surface area contributed by atoms with Gasteiger partial charge in [0.15, 0.2) is 0 Å². The molecule has 4 rings (SSSR count). The van der Waals surface area contributed by atoms with E-state index >= 15 is 0 Å². The lowest BCUT2D eigenvalue weighted by molar-refractivity contribution is -0.122. The third-order valence-corrected chi connectivity index (χ3v) is 7.46. The molecular formula is C21H21F2N3O4S. The second-order valence-electron chi connectivity index (χ2n) is 7.62. The van der Waals surface area contributed by atoms with Crippen molar-refractivity contribution in [2.75, 3.05) is 23.3 Å². The van der Waals surface area contributed by atoms with E-state index in [4.69, 9.17) is 0 Å². The molecule has 1 N–H and O–H groups in total. The van der Waals surface area contributed by atoms with Crippen LogP contribution in [-0.2, 0) is 26.0 Å². The molecule has 7 nitrogen and oxygen atoms in total. The predicted octanol–water partition coefficient (Wildman–Crippen LogP) is 2.67. The van der Waals surface area contributed by atoms with Crippen molar-refractivity contribution in [1.82, 2.24) is 4.31 Å². The number of anilines is 2. The molecule has 2 aliphatic rings. The first-order chi connectivity index (χ1) is 14.7. The van der Waals surface area contributed by atoms with Crippen LogP contribution in [0.2, 0.25) is 0 Å². The number of hydrogen-bond donors (Lipinski definition) is 1. The van der Waals surface area contributed by atoms with Crippen LogP contribution < -0.4 is 10.2 Å². The molecule has 2 heterocycles. The number of amides is 2. The van der Waals surface area contributed by atoms with Gasteiger partial charge >= 0.3 is 0 Å². The van der Waals surface area contributed by atoms with Crippen molar-refractivity contribution < 1.29 is 26.8 Å². The summed E-state index contributed by atoms with van der Waals surface area (Å²) in [5.41, 5.74) is 0.616. The standard InChI is InChI=1S/C21H21F2N3O4S/c1-13(27)26-19-7-5-16(31(29,30)25-8-2-3-9-25)10-14(19)11-20(26)21(28)24-18-12-15(22)4-6-17(18)23/h4-7,10,12,20H,2-3,8-9,11H2,1H3,(H,24,28)/t20-/m1/s1. The summed E-state index contributed by atoms with van der Waals surface area (Å²) in [6.45, 7) is 2.21. The number of rotatable bonds is 4. The highest BCUT2D eigenvalue weighted by atomic mass is 32.2. The molecule has 0 aromatic heterocycles. The van der Waals surface area contributed by atoms with Crippen molar-refractivity contribution in [2.24, 2.45) is 0 Å². The van der Waals surface area contributed by atoms with Crippen LogP contribution in [0.25, 0.3) is 0 Å². The second-order valence-corrected chi connectivity index (χ2v) is 9.56. The van der Waals surface area contributed by atoms with E-state index in [2.05, 4.69) is 5.32 Å². The van der Waals surface area contributed by atoms with E-state index in [0.717, 1.165) is 31.0 Å². The minimum Gasteiger partial charge on any atom is -0.322 e. The average molecular weight is 449 g/mol. The number of nitrogens with one attached hydrogen (secondary N) is 1. The lowest BCUT2D eigenvalue weighted by atomic mass is 10.1. The topological polar surface area (TPSA) is 86.8 Å². The number of halogens is 2. The third-order valence-electron chi connectivity index (χ3n) is 5.57. The van der Waals surface area contributed by atoms with Gasteiger partial charge in [-0.15, -0.1) is 0 Å². The lowest BCUT2D eigenvalue weighted by Gasteiger charge is -2.23. The Balaban J connectivity index is 1.63. The molecule has 0 saturated carbocycles. The van der Waals surface area contributed by atoms with Crippen LogP contribution in [0.15, 0.2) is 41.3 Å². The van der Waals surface area contributed by atoms with E-state index in [-0.39, 0.29) is 17.0 Å². The normalized spacial score (nSPS) is 18.8. The Morgan fingerprint density at radius 3 is 2.45 bits per heavy atom. The van der Waals surface area contributed by atoms with E-state index in [0.29, 0.717) is 24.3 Å². The number of fused-ring (bicyclic) bond motifs is 1. The molecule has 1 fully saturated rings. The van der Waals surface area contributed by atoms with Crippen LogP contribution in [0.4, 0.5) is 20.2 Å². The smallest absolute Gasteiger partial charge is 0.247 e. The molecule has 0 radical (unpaired) electrons. The van der Waals surface area contributed by atoms with Crippen molar-refractivity contribution in [3.05, 3.63) is 53.6 Å². The summed E-state index contributed by atoms with van der Waals surface area (Å²) < 4.78 is 54.5. The number of carbonyl (C=O) groups is 2. The predicted molar refractivity (Wildman–Crippen MR) is 110 cm³/mol. The Kier molecular flexibility index (Phi) is 5.52. The van der Waals surface area contributed by atoms with Gasteiger partial charge in [-0.25, -0.2) is 17.2 Å². The van der Waals surface area contributed by atoms with E-state index in [1.165, 1.54) is 34.3 Å². The zero-order valence-corrected chi connectivity index (χ0v) is 17.6. The Labute approximate surface area is 178 Å². The third kappa shape index (κ3) is 3.92. The van der Waals surface area contributed by atoms with E-state index in [1.54, 1.807) is 0 Å². The summed E-state index contributed by atoms with van der Waals surface area (Å²) in [6.07, 6.45) is 1.67. The monoisotopic (exact) mass is 449 g/mol. The van der Waals surface area contributed by atoms with Gasteiger partial charge in [0.25, 0.3) is 0 Å². The van der Waals surface area contributed by atoms with Crippen LogP contribution in [0.1, 0.15) is 25.3 Å². The lowest BCUT2D eigenvalue weighted by Crippen LogP contribution is -2.44. The van der Waals surface area contributed by atoms with Gasteiger partial charge in [-0.3, -0.25) is 14.5 Å². The van der Waals surface area contributed by atoms with Crippen LogP contribution in [-0.4, -0.2) is 43.7 Å². The molecule has 10 heteroatoms. The maximum Gasteiger partial charge on any atom is 0.247 e. The number of carbonyl (C=O) groups excluding carboxylic acids is 2. The Morgan fingerprint density at radius 2 is 1.77 bits per heavy atom. The Bertz CT molecular complexity index is 1160. The largest absolute Gasteiger partial charge is 0.322 e. The first kappa shape index (κ1) is 21.4. The molecule has 0 bridgehead atoms. The van der Waals surface area contributed by atoms with Crippen LogP contribution in [0.5, 0.6) is 0 Å². The highest BCUT2D eigenvalue weighted by molar-refractivity contribution is 7.89. The summed E-state index contributed by atoms with van der Waals surface area (Å²) >= 11 is 0. The van der Waals surface area contributed by atoms with Crippen LogP contribution in [0, 0.1) is 11.6 Å². The summed E-state index contributed by atoms with van der Waals surface area (Å²) in [6, 6.07) is 6.08. The number of hydrogen-bond acceptors (Lipinski definition) is 4. The number of sulfonamides is 1. The fraction of sp³-hybridized carbons (Fsp3) is 0.333. The summed E-state index contributed by atoms with van der Waals surface area (Å²) in [7, 11) is -3.66. The average Bonchev–Trinajstić information content (AvgIpc) is 3.38. The Morgan fingerprint density at radius 1 is 1.06 bits per heavy atom. The summed E-state index contributed by atoms with van der Waals surface area (Å²) in [5.74, 6) is -2.64. The zero-order chi connectivity index (χ0) is 22.3. The Hall–Kier alpha value is -2.85. The van der Waals surface area contributed by atoms with Gasteiger partial charge in [-0.1, -0.05) is 0 Å². The molecule has 164 valence electrons. The molecule has 0 spiro atoms. The van der Waals surface area contributed by atoms with E-state index < -0.39 is 39.5 Å². The SMILES string of the molecule is CC(=O)N1c2ccc(S(=O)(=O)N3CCCC3)cc2C[C@@H]1C(=O)Nc1cc(F)ccc1F. The summed E-state index contributed by atoms with van der Waals surface area (Å²) in [4.78, 5) is 26.5. The molecular weight excluding hydrogens is 428 g/mol. The highest BCUT2D eigenvalue weighted by Gasteiger charge is 2.38. The van der Waals surface area contributed by atoms with Crippen molar-refractivity contribution in [3.8, 4) is 0 Å². The minimum atomic E-state index is -3.66. The van der Waals surface area contributed by atoms with E-state index in [9.17, 15) is 26.8 Å². The van der Waals surface area contributed by atoms with Gasteiger partial charge < -0.3 is 5.32 Å². The van der Waals surface area contributed by atoms with Crippen molar-refractivity contribution in [1.29, 1.82) is 0 Å². The van der Waals surface area contributed by atoms with Crippen LogP contribution in [0.3, 0.4) is 0 Å². The fourth-order valence-corrected chi connectivity index (χ4v) is 5.64. The van der Waals surface area contributed by atoms with Gasteiger partial charge in [0.05, 0.1) is 10.6 Å². The van der Waals surface area contributed by atoms with Crippen LogP contribution >= 0.6 is 0 Å².